The number of hydrogen-bond donors (Lipinski definition) is 1. The molecule has 1 amide bonds. The zero-order valence-corrected chi connectivity index (χ0v) is 19.7. The van der Waals surface area contributed by atoms with E-state index in [4.69, 9.17) is 16.3 Å². The Balaban J connectivity index is 2.04. The van der Waals surface area contributed by atoms with Crippen molar-refractivity contribution in [2.75, 3.05) is 23.3 Å². The van der Waals surface area contributed by atoms with Crippen LogP contribution in [0.25, 0.3) is 0 Å². The normalized spacial score (nSPS) is 11.1. The van der Waals surface area contributed by atoms with Crippen molar-refractivity contribution in [3.8, 4) is 5.75 Å². The predicted octanol–water partition coefficient (Wildman–Crippen LogP) is 5.05. The third kappa shape index (κ3) is 5.23. The first-order valence-electron chi connectivity index (χ1n) is 10.1. The molecular formula is C24H25ClN2O4S. The molecule has 0 unspecified atom stereocenters. The molecule has 168 valence electrons. The smallest absolute Gasteiger partial charge is 0.264 e. The molecular weight excluding hydrogens is 448 g/mol. The number of sulfonamides is 1. The molecule has 3 aromatic rings. The topological polar surface area (TPSA) is 75.7 Å². The first-order chi connectivity index (χ1) is 15.3. The Labute approximate surface area is 193 Å². The van der Waals surface area contributed by atoms with Gasteiger partial charge in [0.2, 0.25) is 5.91 Å². The van der Waals surface area contributed by atoms with Crippen LogP contribution in [-0.2, 0) is 21.2 Å². The van der Waals surface area contributed by atoms with Gasteiger partial charge in [-0.15, -0.1) is 0 Å². The molecule has 0 spiro atoms. The van der Waals surface area contributed by atoms with Gasteiger partial charge in [-0.3, -0.25) is 9.10 Å². The number of hydrogen-bond acceptors (Lipinski definition) is 4. The average molecular weight is 473 g/mol. The van der Waals surface area contributed by atoms with Gasteiger partial charge in [0.1, 0.15) is 12.3 Å². The first kappa shape index (κ1) is 23.6. The summed E-state index contributed by atoms with van der Waals surface area (Å²) < 4.78 is 33.6. The molecule has 0 radical (unpaired) electrons. The average Bonchev–Trinajstić information content (AvgIpc) is 2.78. The van der Waals surface area contributed by atoms with Gasteiger partial charge in [-0.25, -0.2) is 8.42 Å². The lowest BCUT2D eigenvalue weighted by Gasteiger charge is -2.26. The molecule has 0 aliphatic heterocycles. The van der Waals surface area contributed by atoms with Crippen LogP contribution in [0.2, 0.25) is 5.02 Å². The maximum Gasteiger partial charge on any atom is 0.264 e. The van der Waals surface area contributed by atoms with Gasteiger partial charge in [-0.05, 0) is 55.3 Å². The second-order valence-corrected chi connectivity index (χ2v) is 9.50. The molecule has 0 saturated carbocycles. The van der Waals surface area contributed by atoms with Crippen molar-refractivity contribution < 1.29 is 17.9 Å². The van der Waals surface area contributed by atoms with Crippen LogP contribution in [0.15, 0.2) is 71.6 Å². The summed E-state index contributed by atoms with van der Waals surface area (Å²) in [5.74, 6) is -0.199. The van der Waals surface area contributed by atoms with Crippen LogP contribution in [0.4, 0.5) is 11.4 Å². The van der Waals surface area contributed by atoms with E-state index in [2.05, 4.69) is 5.32 Å². The summed E-state index contributed by atoms with van der Waals surface area (Å²) in [5, 5.41) is 3.15. The Morgan fingerprint density at radius 2 is 1.75 bits per heavy atom. The summed E-state index contributed by atoms with van der Waals surface area (Å²) in [6.45, 7) is 3.40. The minimum atomic E-state index is -4.09. The van der Waals surface area contributed by atoms with Crippen molar-refractivity contribution in [1.29, 1.82) is 0 Å². The lowest BCUT2D eigenvalue weighted by atomic mass is 10.1. The van der Waals surface area contributed by atoms with Crippen molar-refractivity contribution in [3.63, 3.8) is 0 Å². The fraction of sp³-hybridized carbons (Fsp3) is 0.208. The Bertz CT molecular complexity index is 1210. The predicted molar refractivity (Wildman–Crippen MR) is 128 cm³/mol. The van der Waals surface area contributed by atoms with Crippen LogP contribution in [-0.4, -0.2) is 28.0 Å². The van der Waals surface area contributed by atoms with Crippen LogP contribution < -0.4 is 14.4 Å². The number of carbonyl (C=O) groups excluding carboxylic acids is 1. The lowest BCUT2D eigenvalue weighted by molar-refractivity contribution is -0.114. The number of carbonyl (C=O) groups is 1. The van der Waals surface area contributed by atoms with E-state index in [1.165, 1.54) is 25.3 Å². The van der Waals surface area contributed by atoms with Crippen molar-refractivity contribution >= 4 is 38.9 Å². The SMILES string of the molecule is CCc1ccccc1NC(=O)CN(c1cc(Cl)ccc1OC)S(=O)(=O)c1ccc(C)cc1. The third-order valence-corrected chi connectivity index (χ3v) is 6.99. The zero-order chi connectivity index (χ0) is 23.3. The van der Waals surface area contributed by atoms with Crippen LogP contribution in [0.5, 0.6) is 5.75 Å². The Morgan fingerprint density at radius 3 is 2.41 bits per heavy atom. The molecule has 32 heavy (non-hydrogen) atoms. The highest BCUT2D eigenvalue weighted by Crippen LogP contribution is 2.35. The summed E-state index contributed by atoms with van der Waals surface area (Å²) in [6.07, 6.45) is 0.726. The van der Waals surface area contributed by atoms with E-state index in [0.29, 0.717) is 10.7 Å². The molecule has 6 nitrogen and oxygen atoms in total. The molecule has 3 aromatic carbocycles. The number of para-hydroxylation sites is 1. The zero-order valence-electron chi connectivity index (χ0n) is 18.1. The number of halogens is 1. The molecule has 0 fully saturated rings. The third-order valence-electron chi connectivity index (χ3n) is 4.98. The van der Waals surface area contributed by atoms with Gasteiger partial charge in [0.05, 0.1) is 17.7 Å². The van der Waals surface area contributed by atoms with Crippen molar-refractivity contribution in [2.45, 2.75) is 25.2 Å². The minimum absolute atomic E-state index is 0.0619. The van der Waals surface area contributed by atoms with Gasteiger partial charge >= 0.3 is 0 Å². The summed E-state index contributed by atoms with van der Waals surface area (Å²) in [7, 11) is -2.66. The number of amides is 1. The highest BCUT2D eigenvalue weighted by Gasteiger charge is 2.30. The standard InChI is InChI=1S/C24H25ClN2O4S/c1-4-18-7-5-6-8-21(18)26-24(28)16-27(22-15-19(25)11-14-23(22)31-3)32(29,30)20-12-9-17(2)10-13-20/h5-15H,4,16H2,1-3H3,(H,26,28). The molecule has 0 aliphatic rings. The number of methoxy groups -OCH3 is 1. The van der Waals surface area contributed by atoms with Crippen LogP contribution in [0, 0.1) is 6.92 Å². The van der Waals surface area contributed by atoms with E-state index in [-0.39, 0.29) is 16.3 Å². The summed E-state index contributed by atoms with van der Waals surface area (Å²) in [4.78, 5) is 13.1. The summed E-state index contributed by atoms with van der Waals surface area (Å²) in [5.41, 5.74) is 2.70. The Morgan fingerprint density at radius 1 is 1.06 bits per heavy atom. The van der Waals surface area contributed by atoms with Gasteiger partial charge in [-0.2, -0.15) is 0 Å². The van der Waals surface area contributed by atoms with E-state index < -0.39 is 22.5 Å². The largest absolute Gasteiger partial charge is 0.495 e. The van der Waals surface area contributed by atoms with Gasteiger partial charge in [0.25, 0.3) is 10.0 Å². The van der Waals surface area contributed by atoms with Gasteiger partial charge < -0.3 is 10.1 Å². The first-order valence-corrected chi connectivity index (χ1v) is 11.9. The number of benzene rings is 3. The number of anilines is 2. The maximum atomic E-state index is 13.6. The maximum absolute atomic E-state index is 13.6. The molecule has 0 heterocycles. The minimum Gasteiger partial charge on any atom is -0.495 e. The second kappa shape index (κ2) is 10.1. The fourth-order valence-electron chi connectivity index (χ4n) is 3.27. The lowest BCUT2D eigenvalue weighted by Crippen LogP contribution is -2.38. The second-order valence-electron chi connectivity index (χ2n) is 7.20. The molecule has 1 N–H and O–H groups in total. The number of aryl methyl sites for hydroxylation is 2. The number of ether oxygens (including phenoxy) is 1. The number of nitrogens with one attached hydrogen (secondary N) is 1. The monoisotopic (exact) mass is 472 g/mol. The molecule has 0 bridgehead atoms. The van der Waals surface area contributed by atoms with Crippen LogP contribution in [0.1, 0.15) is 18.1 Å². The quantitative estimate of drug-likeness (QED) is 0.497. The summed E-state index contributed by atoms with van der Waals surface area (Å²) in [6, 6.07) is 18.5. The van der Waals surface area contributed by atoms with Gasteiger partial charge in [-0.1, -0.05) is 54.4 Å². The van der Waals surface area contributed by atoms with Gasteiger partial charge in [0, 0.05) is 10.7 Å². The van der Waals surface area contributed by atoms with E-state index in [9.17, 15) is 13.2 Å². The Hall–Kier alpha value is -3.03. The molecule has 3 rings (SSSR count). The van der Waals surface area contributed by atoms with E-state index in [1.807, 2.05) is 32.0 Å². The van der Waals surface area contributed by atoms with Crippen LogP contribution in [0.3, 0.4) is 0 Å². The Kier molecular flexibility index (Phi) is 7.43. The number of rotatable bonds is 8. The van der Waals surface area contributed by atoms with E-state index in [0.717, 1.165) is 21.9 Å². The van der Waals surface area contributed by atoms with Gasteiger partial charge in [0.15, 0.2) is 0 Å². The molecule has 0 aromatic heterocycles. The van der Waals surface area contributed by atoms with E-state index in [1.54, 1.807) is 30.3 Å². The van der Waals surface area contributed by atoms with Crippen molar-refractivity contribution in [2.24, 2.45) is 0 Å². The molecule has 8 heteroatoms. The highest BCUT2D eigenvalue weighted by atomic mass is 35.5. The highest BCUT2D eigenvalue weighted by molar-refractivity contribution is 7.92. The molecule has 0 saturated heterocycles. The molecule has 0 atom stereocenters. The molecule has 0 aliphatic carbocycles. The van der Waals surface area contributed by atoms with E-state index >= 15 is 0 Å². The van der Waals surface area contributed by atoms with Crippen molar-refractivity contribution in [3.05, 3.63) is 82.9 Å². The number of nitrogens with zero attached hydrogens (tertiary/aromatic N) is 1. The fourth-order valence-corrected chi connectivity index (χ4v) is 4.86. The van der Waals surface area contributed by atoms with Crippen LogP contribution >= 0.6 is 11.6 Å². The van der Waals surface area contributed by atoms with Crippen molar-refractivity contribution in [1.82, 2.24) is 0 Å². The summed E-state index contributed by atoms with van der Waals surface area (Å²) >= 11 is 6.16.